The topological polar surface area (TPSA) is 47.9 Å². The third-order valence-electron chi connectivity index (χ3n) is 3.30. The number of aliphatic imine (C=N–C) groups is 1. The van der Waals surface area contributed by atoms with E-state index in [9.17, 15) is 4.79 Å². The van der Waals surface area contributed by atoms with Crippen molar-refractivity contribution in [2.24, 2.45) is 4.99 Å². The van der Waals surface area contributed by atoms with E-state index in [1.807, 2.05) is 11.9 Å². The van der Waals surface area contributed by atoms with Crippen LogP contribution in [0.2, 0.25) is 0 Å². The summed E-state index contributed by atoms with van der Waals surface area (Å²) in [6.07, 6.45) is 1.01. The van der Waals surface area contributed by atoms with Gasteiger partial charge in [0.2, 0.25) is 5.91 Å². The van der Waals surface area contributed by atoms with E-state index in [0.29, 0.717) is 0 Å². The largest absolute Gasteiger partial charge is 0.356 e. The van der Waals surface area contributed by atoms with Crippen LogP contribution < -0.4 is 5.32 Å². The predicted octanol–water partition coefficient (Wildman–Crippen LogP) is 1.87. The first-order chi connectivity index (χ1) is 10.4. The monoisotopic (exact) mass is 304 g/mol. The molecule has 0 heterocycles. The van der Waals surface area contributed by atoms with Crippen molar-refractivity contribution in [1.29, 1.82) is 0 Å². The Balaban J connectivity index is 2.74. The number of rotatable bonds is 6. The highest BCUT2D eigenvalue weighted by atomic mass is 16.2. The maximum absolute atomic E-state index is 11.7. The zero-order valence-electron chi connectivity index (χ0n) is 14.4. The van der Waals surface area contributed by atoms with Gasteiger partial charge in [-0.3, -0.25) is 4.79 Å². The molecule has 0 atom stereocenters. The number of amides is 1. The molecule has 1 N–H and O–H groups in total. The second kappa shape index (κ2) is 9.07. The Bertz CT molecular complexity index is 494. The Hall–Kier alpha value is -2.04. The van der Waals surface area contributed by atoms with Crippen molar-refractivity contribution >= 4 is 11.9 Å². The minimum absolute atomic E-state index is 0.000431. The van der Waals surface area contributed by atoms with Gasteiger partial charge in [-0.1, -0.05) is 36.8 Å². The maximum atomic E-state index is 11.7. The molecular weight excluding hydrogens is 276 g/mol. The van der Waals surface area contributed by atoms with Gasteiger partial charge in [0, 0.05) is 34.2 Å². The SMILES string of the molecule is CCCNC(=NCC(=O)N(C)C)N(C)Cc1ccc(C)cc1. The molecule has 1 rings (SSSR count). The van der Waals surface area contributed by atoms with E-state index in [0.717, 1.165) is 25.5 Å². The van der Waals surface area contributed by atoms with Crippen LogP contribution in [-0.2, 0) is 11.3 Å². The second-order valence-corrected chi connectivity index (χ2v) is 5.70. The first kappa shape index (κ1) is 18.0. The van der Waals surface area contributed by atoms with Crippen molar-refractivity contribution in [2.75, 3.05) is 34.2 Å². The summed E-state index contributed by atoms with van der Waals surface area (Å²) >= 11 is 0. The summed E-state index contributed by atoms with van der Waals surface area (Å²) in [5, 5.41) is 3.30. The lowest BCUT2D eigenvalue weighted by Gasteiger charge is -2.23. The molecule has 122 valence electrons. The van der Waals surface area contributed by atoms with Gasteiger partial charge in [-0.05, 0) is 18.9 Å². The van der Waals surface area contributed by atoms with Crippen LogP contribution in [0.5, 0.6) is 0 Å². The zero-order chi connectivity index (χ0) is 16.5. The number of hydrogen-bond donors (Lipinski definition) is 1. The summed E-state index contributed by atoms with van der Waals surface area (Å²) in [5.74, 6) is 0.761. The first-order valence-electron chi connectivity index (χ1n) is 7.69. The summed E-state index contributed by atoms with van der Waals surface area (Å²) < 4.78 is 0. The van der Waals surface area contributed by atoms with Crippen molar-refractivity contribution < 1.29 is 4.79 Å². The van der Waals surface area contributed by atoms with E-state index in [2.05, 4.69) is 48.4 Å². The Morgan fingerprint density at radius 3 is 2.36 bits per heavy atom. The molecule has 1 aromatic rings. The molecule has 0 aliphatic rings. The fraction of sp³-hybridized carbons (Fsp3) is 0.529. The number of likely N-dealkylation sites (N-methyl/N-ethyl adjacent to an activating group) is 1. The zero-order valence-corrected chi connectivity index (χ0v) is 14.4. The predicted molar refractivity (Wildman–Crippen MR) is 91.9 cm³/mol. The molecule has 5 nitrogen and oxygen atoms in total. The summed E-state index contributed by atoms with van der Waals surface area (Å²) in [5.41, 5.74) is 2.47. The highest BCUT2D eigenvalue weighted by Crippen LogP contribution is 2.06. The van der Waals surface area contributed by atoms with E-state index in [4.69, 9.17) is 0 Å². The molecule has 0 aliphatic heterocycles. The van der Waals surface area contributed by atoms with Crippen molar-refractivity contribution in [3.05, 3.63) is 35.4 Å². The Morgan fingerprint density at radius 1 is 1.18 bits per heavy atom. The number of nitrogens with one attached hydrogen (secondary N) is 1. The third-order valence-corrected chi connectivity index (χ3v) is 3.30. The van der Waals surface area contributed by atoms with E-state index in [1.54, 1.807) is 19.0 Å². The quantitative estimate of drug-likeness (QED) is 0.645. The summed E-state index contributed by atoms with van der Waals surface area (Å²) in [6.45, 7) is 5.95. The highest BCUT2D eigenvalue weighted by molar-refractivity contribution is 5.84. The van der Waals surface area contributed by atoms with Crippen LogP contribution in [0.15, 0.2) is 29.3 Å². The number of hydrogen-bond acceptors (Lipinski definition) is 2. The fourth-order valence-electron chi connectivity index (χ4n) is 1.87. The number of carbonyl (C=O) groups is 1. The number of carbonyl (C=O) groups excluding carboxylic acids is 1. The standard InChI is InChI=1S/C17H28N4O/c1-6-11-18-17(19-12-16(22)20(3)4)21(5)13-15-9-7-14(2)8-10-15/h7-10H,6,11-13H2,1-5H3,(H,18,19). The summed E-state index contributed by atoms with van der Waals surface area (Å²) in [7, 11) is 5.47. The van der Waals surface area contributed by atoms with Crippen molar-refractivity contribution in [2.45, 2.75) is 26.8 Å². The van der Waals surface area contributed by atoms with Crippen LogP contribution in [0.25, 0.3) is 0 Å². The van der Waals surface area contributed by atoms with E-state index >= 15 is 0 Å². The van der Waals surface area contributed by atoms with E-state index in [-0.39, 0.29) is 12.5 Å². The van der Waals surface area contributed by atoms with Gasteiger partial charge in [-0.25, -0.2) is 4.99 Å². The molecule has 0 aliphatic carbocycles. The van der Waals surface area contributed by atoms with Crippen LogP contribution in [0.1, 0.15) is 24.5 Å². The lowest BCUT2D eigenvalue weighted by atomic mass is 10.1. The Labute approximate surface area is 134 Å². The van der Waals surface area contributed by atoms with Crippen LogP contribution >= 0.6 is 0 Å². The second-order valence-electron chi connectivity index (χ2n) is 5.70. The van der Waals surface area contributed by atoms with Gasteiger partial charge in [0.25, 0.3) is 0 Å². The number of nitrogens with zero attached hydrogens (tertiary/aromatic N) is 3. The molecule has 0 fully saturated rings. The Morgan fingerprint density at radius 2 is 1.82 bits per heavy atom. The smallest absolute Gasteiger partial charge is 0.243 e. The highest BCUT2D eigenvalue weighted by Gasteiger charge is 2.09. The van der Waals surface area contributed by atoms with Gasteiger partial charge >= 0.3 is 0 Å². The first-order valence-corrected chi connectivity index (χ1v) is 7.69. The van der Waals surface area contributed by atoms with Crippen molar-refractivity contribution in [3.8, 4) is 0 Å². The summed E-state index contributed by atoms with van der Waals surface area (Å²) in [6, 6.07) is 8.45. The molecular formula is C17H28N4O. The van der Waals surface area contributed by atoms with Gasteiger partial charge in [0.15, 0.2) is 5.96 Å². The van der Waals surface area contributed by atoms with Gasteiger partial charge in [0.1, 0.15) is 6.54 Å². The number of benzene rings is 1. The van der Waals surface area contributed by atoms with Gasteiger partial charge in [0.05, 0.1) is 0 Å². The third kappa shape index (κ3) is 6.16. The number of guanidine groups is 1. The normalized spacial score (nSPS) is 11.2. The van der Waals surface area contributed by atoms with E-state index < -0.39 is 0 Å². The molecule has 0 bridgehead atoms. The molecule has 1 amide bonds. The molecule has 0 radical (unpaired) electrons. The molecule has 1 aromatic carbocycles. The van der Waals surface area contributed by atoms with Gasteiger partial charge in [-0.15, -0.1) is 0 Å². The molecule has 0 saturated heterocycles. The number of aryl methyl sites for hydroxylation is 1. The van der Waals surface area contributed by atoms with Gasteiger partial charge < -0.3 is 15.1 Å². The van der Waals surface area contributed by atoms with Crippen LogP contribution in [0, 0.1) is 6.92 Å². The summed E-state index contributed by atoms with van der Waals surface area (Å²) in [4.78, 5) is 19.7. The molecule has 22 heavy (non-hydrogen) atoms. The maximum Gasteiger partial charge on any atom is 0.243 e. The lowest BCUT2D eigenvalue weighted by molar-refractivity contribution is -0.127. The van der Waals surface area contributed by atoms with Crippen LogP contribution in [0.4, 0.5) is 0 Å². The Kier molecular flexibility index (Phi) is 7.43. The lowest BCUT2D eigenvalue weighted by Crippen LogP contribution is -2.39. The fourth-order valence-corrected chi connectivity index (χ4v) is 1.87. The average molecular weight is 304 g/mol. The molecule has 5 heteroatoms. The molecule has 0 unspecified atom stereocenters. The van der Waals surface area contributed by atoms with Crippen molar-refractivity contribution in [1.82, 2.24) is 15.1 Å². The van der Waals surface area contributed by atoms with Crippen molar-refractivity contribution in [3.63, 3.8) is 0 Å². The average Bonchev–Trinajstić information content (AvgIpc) is 2.49. The van der Waals surface area contributed by atoms with Crippen LogP contribution in [-0.4, -0.2) is 55.9 Å². The molecule has 0 spiro atoms. The molecule has 0 saturated carbocycles. The van der Waals surface area contributed by atoms with Crippen LogP contribution in [0.3, 0.4) is 0 Å². The minimum Gasteiger partial charge on any atom is -0.356 e. The van der Waals surface area contributed by atoms with E-state index in [1.165, 1.54) is 11.1 Å². The molecule has 0 aromatic heterocycles. The minimum atomic E-state index is -0.000431. The van der Waals surface area contributed by atoms with Gasteiger partial charge in [-0.2, -0.15) is 0 Å².